The first-order valence-electron chi connectivity index (χ1n) is 6.35. The molecule has 0 saturated carbocycles. The lowest BCUT2D eigenvalue weighted by atomic mass is 10.1. The highest BCUT2D eigenvalue weighted by Gasteiger charge is 2.08. The molecule has 0 aliphatic rings. The Hall–Kier alpha value is -2.14. The first-order chi connectivity index (χ1) is 10.1. The highest BCUT2D eigenvalue weighted by Crippen LogP contribution is 2.24. The van der Waals surface area contributed by atoms with Gasteiger partial charge in [-0.15, -0.1) is 0 Å². The maximum atomic E-state index is 13.7. The number of nitrogen functional groups attached to an aromatic ring is 1. The van der Waals surface area contributed by atoms with Crippen molar-refractivity contribution < 1.29 is 9.13 Å². The number of halogens is 2. The van der Waals surface area contributed by atoms with E-state index in [9.17, 15) is 4.39 Å². The zero-order valence-corrected chi connectivity index (χ0v) is 12.6. The molecule has 0 spiro atoms. The van der Waals surface area contributed by atoms with Gasteiger partial charge in [-0.1, -0.05) is 34.1 Å². The summed E-state index contributed by atoms with van der Waals surface area (Å²) in [4.78, 5) is 4.32. The summed E-state index contributed by atoms with van der Waals surface area (Å²) in [6.45, 7) is 0.169. The van der Waals surface area contributed by atoms with Gasteiger partial charge in [-0.05, 0) is 30.3 Å². The third kappa shape index (κ3) is 2.97. The first kappa shape index (κ1) is 13.8. The predicted molar refractivity (Wildman–Crippen MR) is 84.6 cm³/mol. The Morgan fingerprint density at radius 1 is 1.14 bits per heavy atom. The van der Waals surface area contributed by atoms with Crippen molar-refractivity contribution in [3.63, 3.8) is 0 Å². The first-order valence-corrected chi connectivity index (χ1v) is 7.15. The van der Waals surface area contributed by atoms with Crippen LogP contribution in [0.2, 0.25) is 0 Å². The fraction of sp³-hybridized carbons (Fsp3) is 0.0625. The van der Waals surface area contributed by atoms with Gasteiger partial charge in [-0.25, -0.2) is 9.37 Å². The van der Waals surface area contributed by atoms with E-state index in [1.807, 2.05) is 30.3 Å². The number of fused-ring (bicyclic) bond motifs is 1. The van der Waals surface area contributed by atoms with Crippen molar-refractivity contribution in [2.75, 3.05) is 5.73 Å². The zero-order valence-electron chi connectivity index (χ0n) is 11.0. The normalized spacial score (nSPS) is 10.8. The van der Waals surface area contributed by atoms with Crippen molar-refractivity contribution in [1.82, 2.24) is 4.98 Å². The number of hydrogen-bond donors (Lipinski definition) is 1. The van der Waals surface area contributed by atoms with E-state index in [0.29, 0.717) is 10.3 Å². The summed E-state index contributed by atoms with van der Waals surface area (Å²) < 4.78 is 19.9. The third-order valence-electron chi connectivity index (χ3n) is 3.11. The molecule has 0 aliphatic carbocycles. The molecule has 0 radical (unpaired) electrons. The van der Waals surface area contributed by atoms with E-state index >= 15 is 0 Å². The molecule has 3 nitrogen and oxygen atoms in total. The summed E-state index contributed by atoms with van der Waals surface area (Å²) in [5, 5.41) is 0.974. The number of benzene rings is 2. The predicted octanol–water partition coefficient (Wildman–Crippen LogP) is 4.30. The average Bonchev–Trinajstić information content (AvgIpc) is 2.46. The number of nitrogens with zero attached hydrogens (tertiary/aromatic N) is 1. The Kier molecular flexibility index (Phi) is 3.75. The van der Waals surface area contributed by atoms with Crippen LogP contribution >= 0.6 is 15.9 Å². The lowest BCUT2D eigenvalue weighted by Crippen LogP contribution is -2.03. The molecule has 1 heterocycles. The minimum absolute atomic E-state index is 0.169. The van der Waals surface area contributed by atoms with E-state index in [0.717, 1.165) is 16.5 Å². The molecule has 21 heavy (non-hydrogen) atoms. The highest BCUT2D eigenvalue weighted by molar-refractivity contribution is 9.10. The Morgan fingerprint density at radius 3 is 2.76 bits per heavy atom. The van der Waals surface area contributed by atoms with E-state index in [4.69, 9.17) is 10.5 Å². The molecule has 3 rings (SSSR count). The molecule has 0 amide bonds. The molecular formula is C16H12BrFN2O. The highest BCUT2D eigenvalue weighted by atomic mass is 79.9. The molecular weight excluding hydrogens is 335 g/mol. The number of nitrogens with two attached hydrogens (primary N) is 1. The Balaban J connectivity index is 1.86. The number of para-hydroxylation sites is 1. The van der Waals surface area contributed by atoms with Crippen LogP contribution in [0.25, 0.3) is 10.9 Å². The molecule has 2 N–H and O–H groups in total. The largest absolute Gasteiger partial charge is 0.486 e. The van der Waals surface area contributed by atoms with Gasteiger partial charge in [-0.3, -0.25) is 0 Å². The van der Waals surface area contributed by atoms with Gasteiger partial charge in [0.05, 0.1) is 5.52 Å². The van der Waals surface area contributed by atoms with Crippen LogP contribution in [0.3, 0.4) is 0 Å². The van der Waals surface area contributed by atoms with E-state index in [-0.39, 0.29) is 12.4 Å². The second-order valence-corrected chi connectivity index (χ2v) is 5.50. The fourth-order valence-electron chi connectivity index (χ4n) is 2.04. The number of hydrogen-bond acceptors (Lipinski definition) is 3. The molecule has 0 aliphatic heterocycles. The number of anilines is 1. The summed E-state index contributed by atoms with van der Waals surface area (Å²) in [5.41, 5.74) is 7.48. The summed E-state index contributed by atoms with van der Waals surface area (Å²) in [5.74, 6) is 0.161. The molecule has 0 fully saturated rings. The third-order valence-corrected chi connectivity index (χ3v) is 3.61. The Labute approximate surface area is 129 Å². The fourth-order valence-corrected chi connectivity index (χ4v) is 2.37. The van der Waals surface area contributed by atoms with E-state index in [1.54, 1.807) is 12.1 Å². The second-order valence-electron chi connectivity index (χ2n) is 4.59. The van der Waals surface area contributed by atoms with Gasteiger partial charge in [0, 0.05) is 15.4 Å². The van der Waals surface area contributed by atoms with Crippen molar-refractivity contribution in [3.8, 4) is 5.75 Å². The lowest BCUT2D eigenvalue weighted by Gasteiger charge is -2.10. The van der Waals surface area contributed by atoms with Crippen molar-refractivity contribution in [2.45, 2.75) is 6.61 Å². The van der Waals surface area contributed by atoms with Crippen LogP contribution in [0.1, 0.15) is 5.56 Å². The molecule has 3 aromatic rings. The van der Waals surface area contributed by atoms with Gasteiger partial charge in [-0.2, -0.15) is 0 Å². The molecule has 0 unspecified atom stereocenters. The van der Waals surface area contributed by atoms with Crippen LogP contribution in [0.15, 0.2) is 53.0 Å². The molecule has 1 aromatic heterocycles. The van der Waals surface area contributed by atoms with Crippen molar-refractivity contribution in [2.24, 2.45) is 0 Å². The van der Waals surface area contributed by atoms with E-state index in [2.05, 4.69) is 20.9 Å². The maximum Gasteiger partial charge on any atom is 0.166 e. The molecule has 0 atom stereocenters. The van der Waals surface area contributed by atoms with Crippen molar-refractivity contribution >= 4 is 32.7 Å². The monoisotopic (exact) mass is 346 g/mol. The van der Waals surface area contributed by atoms with Crippen LogP contribution < -0.4 is 10.5 Å². The average molecular weight is 347 g/mol. The summed E-state index contributed by atoms with van der Waals surface area (Å²) in [7, 11) is 0. The quantitative estimate of drug-likeness (QED) is 0.769. The number of ether oxygens (including phenoxy) is 1. The summed E-state index contributed by atoms with van der Waals surface area (Å²) in [6, 6.07) is 14.2. The van der Waals surface area contributed by atoms with Gasteiger partial charge in [0.2, 0.25) is 0 Å². The Bertz CT molecular complexity index is 807. The zero-order chi connectivity index (χ0) is 14.8. The van der Waals surface area contributed by atoms with Crippen LogP contribution in [-0.4, -0.2) is 4.98 Å². The van der Waals surface area contributed by atoms with Crippen LogP contribution in [0.4, 0.5) is 10.2 Å². The van der Waals surface area contributed by atoms with Gasteiger partial charge < -0.3 is 10.5 Å². The number of aromatic nitrogens is 1. The molecule has 5 heteroatoms. The van der Waals surface area contributed by atoms with E-state index < -0.39 is 5.82 Å². The second kappa shape index (κ2) is 5.69. The lowest BCUT2D eigenvalue weighted by molar-refractivity contribution is 0.290. The van der Waals surface area contributed by atoms with Crippen molar-refractivity contribution in [3.05, 3.63) is 64.4 Å². The minimum Gasteiger partial charge on any atom is -0.486 e. The van der Waals surface area contributed by atoms with Gasteiger partial charge in [0.1, 0.15) is 12.4 Å². The van der Waals surface area contributed by atoms with Gasteiger partial charge in [0.15, 0.2) is 11.6 Å². The van der Waals surface area contributed by atoms with Crippen LogP contribution in [-0.2, 0) is 6.61 Å². The molecule has 106 valence electrons. The molecule has 2 aromatic carbocycles. The molecule has 0 bridgehead atoms. The van der Waals surface area contributed by atoms with Crippen molar-refractivity contribution in [1.29, 1.82) is 0 Å². The van der Waals surface area contributed by atoms with Crippen LogP contribution in [0, 0.1) is 5.82 Å². The topological polar surface area (TPSA) is 48.1 Å². The number of rotatable bonds is 3. The maximum absolute atomic E-state index is 13.7. The smallest absolute Gasteiger partial charge is 0.166 e. The van der Waals surface area contributed by atoms with Gasteiger partial charge in [0.25, 0.3) is 0 Å². The van der Waals surface area contributed by atoms with E-state index in [1.165, 1.54) is 6.07 Å². The van der Waals surface area contributed by atoms with Crippen LogP contribution in [0.5, 0.6) is 5.75 Å². The standard InChI is InChI=1S/C16H12BrFN2O/c17-12-5-6-15(13(18)8-12)21-9-11-7-10-3-1-2-4-14(10)20-16(11)19/h1-8H,9H2,(H2,19,20). The minimum atomic E-state index is -0.420. The summed E-state index contributed by atoms with van der Waals surface area (Å²) in [6.07, 6.45) is 0. The summed E-state index contributed by atoms with van der Waals surface area (Å²) >= 11 is 3.21. The Morgan fingerprint density at radius 2 is 1.95 bits per heavy atom. The molecule has 0 saturated heterocycles. The number of pyridine rings is 1. The van der Waals surface area contributed by atoms with Gasteiger partial charge >= 0.3 is 0 Å². The SMILES string of the molecule is Nc1nc2ccccc2cc1COc1ccc(Br)cc1F.